The molecule has 5 heteroatoms. The molecule has 1 heterocycles. The number of carbonyl (C=O) groups excluding carboxylic acids is 1. The molecule has 0 aliphatic heterocycles. The summed E-state index contributed by atoms with van der Waals surface area (Å²) in [4.78, 5) is 20.6. The molecule has 27 heavy (non-hydrogen) atoms. The molecule has 2 aromatic carbocycles. The second-order valence-corrected chi connectivity index (χ2v) is 8.17. The first-order chi connectivity index (χ1) is 12.9. The Morgan fingerprint density at radius 2 is 1.89 bits per heavy atom. The van der Waals surface area contributed by atoms with E-state index < -0.39 is 0 Å². The number of H-pyrrole nitrogens is 1. The summed E-state index contributed by atoms with van der Waals surface area (Å²) < 4.78 is 0. The van der Waals surface area contributed by atoms with Crippen LogP contribution in [0.5, 0.6) is 0 Å². The van der Waals surface area contributed by atoms with Crippen LogP contribution in [0.3, 0.4) is 0 Å². The number of aromatic nitrogens is 2. The number of hydrogen-bond donors (Lipinski definition) is 2. The van der Waals surface area contributed by atoms with E-state index in [1.54, 1.807) is 0 Å². The number of aryl methyl sites for hydroxylation is 3. The molecule has 0 aliphatic carbocycles. The number of imidazole rings is 1. The minimum absolute atomic E-state index is 0.0210. The number of thioether (sulfide) groups is 1. The molecule has 0 aliphatic rings. The minimum atomic E-state index is -0.250. The highest BCUT2D eigenvalue weighted by atomic mass is 32.2. The van der Waals surface area contributed by atoms with Gasteiger partial charge in [0.15, 0.2) is 5.16 Å². The van der Waals surface area contributed by atoms with Crippen molar-refractivity contribution < 1.29 is 4.79 Å². The second kappa shape index (κ2) is 8.44. The van der Waals surface area contributed by atoms with Gasteiger partial charge in [-0.1, -0.05) is 54.2 Å². The molecule has 1 amide bonds. The highest BCUT2D eigenvalue weighted by Crippen LogP contribution is 2.25. The maximum Gasteiger partial charge on any atom is 0.237 e. The third kappa shape index (κ3) is 5.01. The predicted octanol–water partition coefficient (Wildman–Crippen LogP) is 5.05. The molecule has 4 nitrogen and oxygen atoms in total. The molecule has 0 spiro atoms. The number of amides is 1. The fraction of sp³-hybridized carbons (Fsp3) is 0.273. The van der Waals surface area contributed by atoms with Gasteiger partial charge in [-0.2, -0.15) is 0 Å². The third-order valence-electron chi connectivity index (χ3n) is 4.49. The van der Waals surface area contributed by atoms with Gasteiger partial charge in [-0.15, -0.1) is 0 Å². The van der Waals surface area contributed by atoms with Gasteiger partial charge in [0.25, 0.3) is 0 Å². The molecule has 3 aromatic rings. The van der Waals surface area contributed by atoms with E-state index in [2.05, 4.69) is 22.4 Å². The maximum absolute atomic E-state index is 12.6. The number of hydrogen-bond acceptors (Lipinski definition) is 3. The van der Waals surface area contributed by atoms with E-state index in [0.29, 0.717) is 0 Å². The molecule has 3 rings (SSSR count). The van der Waals surface area contributed by atoms with Gasteiger partial charge in [0.2, 0.25) is 5.91 Å². The first-order valence-corrected chi connectivity index (χ1v) is 9.94. The number of rotatable bonds is 6. The number of benzene rings is 2. The Morgan fingerprint density at radius 3 is 2.63 bits per heavy atom. The predicted molar refractivity (Wildman–Crippen MR) is 112 cm³/mol. The standard InChI is InChI=1S/C22H25N3OS/c1-14-10-11-15(2)19(12-14)24-21(26)17(4)27-22-23-16(3)20(25-22)13-18-8-6-5-7-9-18/h5-12,17H,13H2,1-4H3,(H,23,25)(H,24,26). The van der Waals surface area contributed by atoms with E-state index >= 15 is 0 Å². The van der Waals surface area contributed by atoms with Gasteiger partial charge in [-0.3, -0.25) is 4.79 Å². The van der Waals surface area contributed by atoms with Crippen molar-refractivity contribution in [3.05, 3.63) is 76.6 Å². The van der Waals surface area contributed by atoms with Gasteiger partial charge >= 0.3 is 0 Å². The fourth-order valence-corrected chi connectivity index (χ4v) is 3.69. The SMILES string of the molecule is Cc1ccc(C)c(NC(=O)C(C)Sc2nc(Cc3ccccc3)c(C)[nH]2)c1. The number of nitrogens with one attached hydrogen (secondary N) is 2. The van der Waals surface area contributed by atoms with E-state index in [-0.39, 0.29) is 11.2 Å². The van der Waals surface area contributed by atoms with Crippen LogP contribution >= 0.6 is 11.8 Å². The van der Waals surface area contributed by atoms with Gasteiger partial charge in [-0.05, 0) is 50.5 Å². The van der Waals surface area contributed by atoms with Crippen LogP contribution in [0.15, 0.2) is 53.7 Å². The van der Waals surface area contributed by atoms with Crippen LogP contribution in [-0.4, -0.2) is 21.1 Å². The molecule has 140 valence electrons. The molecule has 0 saturated heterocycles. The second-order valence-electron chi connectivity index (χ2n) is 6.84. The van der Waals surface area contributed by atoms with Gasteiger partial charge in [0.05, 0.1) is 10.9 Å². The molecule has 2 N–H and O–H groups in total. The molecule has 0 bridgehead atoms. The first-order valence-electron chi connectivity index (χ1n) is 9.06. The van der Waals surface area contributed by atoms with Gasteiger partial charge in [0.1, 0.15) is 0 Å². The summed E-state index contributed by atoms with van der Waals surface area (Å²) in [6.45, 7) is 7.95. The highest BCUT2D eigenvalue weighted by Gasteiger charge is 2.18. The van der Waals surface area contributed by atoms with Crippen LogP contribution in [0.2, 0.25) is 0 Å². The smallest absolute Gasteiger partial charge is 0.237 e. The molecule has 0 fully saturated rings. The zero-order valence-corrected chi connectivity index (χ0v) is 17.0. The Balaban J connectivity index is 1.65. The zero-order valence-electron chi connectivity index (χ0n) is 16.2. The Labute approximate surface area is 164 Å². The first kappa shape index (κ1) is 19.2. The van der Waals surface area contributed by atoms with Crippen molar-refractivity contribution in [1.29, 1.82) is 0 Å². The normalized spacial score (nSPS) is 12.0. The van der Waals surface area contributed by atoms with Crippen molar-refractivity contribution in [3.8, 4) is 0 Å². The fourth-order valence-electron chi connectivity index (χ4n) is 2.81. The molecular weight excluding hydrogens is 354 g/mol. The van der Waals surface area contributed by atoms with E-state index in [0.717, 1.165) is 39.8 Å². The zero-order chi connectivity index (χ0) is 19.4. The summed E-state index contributed by atoms with van der Waals surface area (Å²) in [5.41, 5.74) is 6.35. The van der Waals surface area contributed by atoms with E-state index in [9.17, 15) is 4.79 Å². The van der Waals surface area contributed by atoms with Crippen molar-refractivity contribution in [2.24, 2.45) is 0 Å². The number of aromatic amines is 1. The Hall–Kier alpha value is -2.53. The summed E-state index contributed by atoms with van der Waals surface area (Å²) in [7, 11) is 0. The van der Waals surface area contributed by atoms with Crippen molar-refractivity contribution in [2.45, 2.75) is 44.5 Å². The van der Waals surface area contributed by atoms with Crippen molar-refractivity contribution >= 4 is 23.4 Å². The number of nitrogens with zero attached hydrogens (tertiary/aromatic N) is 1. The highest BCUT2D eigenvalue weighted by molar-refractivity contribution is 8.00. The van der Waals surface area contributed by atoms with E-state index in [1.807, 2.05) is 64.1 Å². The molecule has 0 radical (unpaired) electrons. The number of anilines is 1. The van der Waals surface area contributed by atoms with Crippen LogP contribution < -0.4 is 5.32 Å². The maximum atomic E-state index is 12.6. The lowest BCUT2D eigenvalue weighted by Crippen LogP contribution is -2.23. The summed E-state index contributed by atoms with van der Waals surface area (Å²) in [6, 6.07) is 16.3. The molecule has 1 unspecified atom stereocenters. The molecular formula is C22H25N3OS. The Bertz CT molecular complexity index is 934. The lowest BCUT2D eigenvalue weighted by atomic mass is 10.1. The summed E-state index contributed by atoms with van der Waals surface area (Å²) in [6.07, 6.45) is 0.785. The largest absolute Gasteiger partial charge is 0.337 e. The van der Waals surface area contributed by atoms with Crippen LogP contribution in [0.4, 0.5) is 5.69 Å². The van der Waals surface area contributed by atoms with Crippen molar-refractivity contribution in [1.82, 2.24) is 9.97 Å². The van der Waals surface area contributed by atoms with Crippen LogP contribution in [0.1, 0.15) is 35.0 Å². The van der Waals surface area contributed by atoms with E-state index in [1.165, 1.54) is 17.3 Å². The van der Waals surface area contributed by atoms with Crippen LogP contribution in [0.25, 0.3) is 0 Å². The van der Waals surface area contributed by atoms with Crippen LogP contribution in [-0.2, 0) is 11.2 Å². The van der Waals surface area contributed by atoms with Crippen molar-refractivity contribution in [2.75, 3.05) is 5.32 Å². The van der Waals surface area contributed by atoms with Gasteiger partial charge in [-0.25, -0.2) is 4.98 Å². The summed E-state index contributed by atoms with van der Waals surface area (Å²) in [5, 5.41) is 3.56. The van der Waals surface area contributed by atoms with Gasteiger partial charge < -0.3 is 10.3 Å². The Kier molecular flexibility index (Phi) is 6.01. The average Bonchev–Trinajstić information content (AvgIpc) is 2.98. The molecule has 1 aromatic heterocycles. The van der Waals surface area contributed by atoms with Crippen LogP contribution in [0, 0.1) is 20.8 Å². The minimum Gasteiger partial charge on any atom is -0.337 e. The third-order valence-corrected chi connectivity index (χ3v) is 5.47. The summed E-state index contributed by atoms with van der Waals surface area (Å²) in [5.74, 6) is -0.0210. The quantitative estimate of drug-likeness (QED) is 0.590. The van der Waals surface area contributed by atoms with E-state index in [4.69, 9.17) is 4.98 Å². The topological polar surface area (TPSA) is 57.8 Å². The average molecular weight is 380 g/mol. The number of carbonyl (C=O) groups is 1. The lowest BCUT2D eigenvalue weighted by molar-refractivity contribution is -0.115. The Morgan fingerprint density at radius 1 is 1.15 bits per heavy atom. The lowest BCUT2D eigenvalue weighted by Gasteiger charge is -2.13. The van der Waals surface area contributed by atoms with Crippen molar-refractivity contribution in [3.63, 3.8) is 0 Å². The molecule has 0 saturated carbocycles. The van der Waals surface area contributed by atoms with Gasteiger partial charge in [0, 0.05) is 17.8 Å². The summed E-state index contributed by atoms with van der Waals surface area (Å²) >= 11 is 1.45. The molecule has 1 atom stereocenters. The monoisotopic (exact) mass is 379 g/mol.